The normalized spacial score (nSPS) is 14.4. The van der Waals surface area contributed by atoms with Crippen LogP contribution in [0.25, 0.3) is 0 Å². The molecular weight excluding hydrogens is 297 g/mol. The van der Waals surface area contributed by atoms with E-state index in [1.807, 2.05) is 6.07 Å². The number of hydrogen-bond acceptors (Lipinski definition) is 2. The van der Waals surface area contributed by atoms with Gasteiger partial charge in [0.25, 0.3) is 0 Å². The smallest absolute Gasteiger partial charge is 0.0991 e. The van der Waals surface area contributed by atoms with E-state index in [9.17, 15) is 0 Å². The maximum atomic E-state index is 6.19. The number of hydrogen-bond donors (Lipinski definition) is 1. The third-order valence-corrected chi connectivity index (χ3v) is 4.82. The van der Waals surface area contributed by atoms with Gasteiger partial charge < -0.3 is 5.32 Å². The molecule has 0 aliphatic carbocycles. The van der Waals surface area contributed by atoms with Gasteiger partial charge in [0.15, 0.2) is 0 Å². The van der Waals surface area contributed by atoms with E-state index in [1.54, 1.807) is 0 Å². The summed E-state index contributed by atoms with van der Waals surface area (Å²) in [5, 5.41) is 3.57. The predicted molar refractivity (Wildman–Crippen MR) is 85.5 cm³/mol. The minimum atomic E-state index is 0.172. The molecular formula is C15H17Cl2NS. The van der Waals surface area contributed by atoms with Crippen molar-refractivity contribution in [1.29, 1.82) is 0 Å². The molecule has 1 N–H and O–H groups in total. The van der Waals surface area contributed by atoms with Crippen LogP contribution >= 0.6 is 34.5 Å². The Morgan fingerprint density at radius 3 is 2.26 bits per heavy atom. The highest BCUT2D eigenvalue weighted by atomic mass is 35.5. The Balaban J connectivity index is 2.13. The van der Waals surface area contributed by atoms with E-state index in [0.29, 0.717) is 0 Å². The standard InChI is InChI=1S/C15H17Cl2NS/c1-9-6-4-5-7-12(9)10(2)18-11(3)13-8-14(16)19-15(13)17/h4-8,10-11,18H,1-3H3/t10-,11?/m1/s1. The molecule has 2 rings (SSSR count). The molecule has 0 amide bonds. The third-order valence-electron chi connectivity index (χ3n) is 3.30. The maximum absolute atomic E-state index is 6.19. The quantitative estimate of drug-likeness (QED) is 0.755. The number of benzene rings is 1. The van der Waals surface area contributed by atoms with Crippen molar-refractivity contribution in [3.63, 3.8) is 0 Å². The fourth-order valence-corrected chi connectivity index (χ4v) is 3.92. The molecule has 1 nitrogen and oxygen atoms in total. The van der Waals surface area contributed by atoms with E-state index >= 15 is 0 Å². The summed E-state index contributed by atoms with van der Waals surface area (Å²) >= 11 is 13.6. The number of rotatable bonds is 4. The van der Waals surface area contributed by atoms with Gasteiger partial charge in [-0.05, 0) is 43.5 Å². The van der Waals surface area contributed by atoms with Crippen LogP contribution in [0.1, 0.15) is 42.6 Å². The lowest BCUT2D eigenvalue weighted by Gasteiger charge is -2.21. The van der Waals surface area contributed by atoms with E-state index in [2.05, 4.69) is 50.4 Å². The molecule has 0 aliphatic heterocycles. The number of thiophene rings is 1. The largest absolute Gasteiger partial charge is 0.304 e. The first kappa shape index (κ1) is 14.9. The zero-order valence-electron chi connectivity index (χ0n) is 11.2. The zero-order valence-corrected chi connectivity index (χ0v) is 13.5. The Morgan fingerprint density at radius 2 is 1.68 bits per heavy atom. The Labute approximate surface area is 128 Å². The monoisotopic (exact) mass is 313 g/mol. The van der Waals surface area contributed by atoms with Crippen molar-refractivity contribution < 1.29 is 0 Å². The average Bonchev–Trinajstić information content (AvgIpc) is 2.69. The molecule has 1 heterocycles. The minimum absolute atomic E-state index is 0.172. The van der Waals surface area contributed by atoms with Crippen LogP contribution in [0, 0.1) is 6.92 Å². The van der Waals surface area contributed by atoms with Crippen LogP contribution < -0.4 is 5.32 Å². The van der Waals surface area contributed by atoms with Gasteiger partial charge in [-0.3, -0.25) is 0 Å². The van der Waals surface area contributed by atoms with E-state index in [4.69, 9.17) is 23.2 Å². The summed E-state index contributed by atoms with van der Waals surface area (Å²) in [5.41, 5.74) is 3.67. The molecule has 0 aliphatic rings. The van der Waals surface area contributed by atoms with E-state index < -0.39 is 0 Å². The van der Waals surface area contributed by atoms with Crippen LogP contribution in [-0.2, 0) is 0 Å². The van der Waals surface area contributed by atoms with Crippen molar-refractivity contribution in [3.8, 4) is 0 Å². The van der Waals surface area contributed by atoms with Gasteiger partial charge in [-0.15, -0.1) is 11.3 Å². The lowest BCUT2D eigenvalue weighted by molar-refractivity contribution is 0.494. The van der Waals surface area contributed by atoms with Gasteiger partial charge >= 0.3 is 0 Å². The second kappa shape index (κ2) is 6.27. The first-order valence-electron chi connectivity index (χ1n) is 6.25. The predicted octanol–water partition coefficient (Wildman–Crippen LogP) is 5.78. The van der Waals surface area contributed by atoms with Crippen LogP contribution in [0.3, 0.4) is 0 Å². The molecule has 102 valence electrons. The maximum Gasteiger partial charge on any atom is 0.0991 e. The van der Waals surface area contributed by atoms with Crippen molar-refractivity contribution in [2.45, 2.75) is 32.9 Å². The van der Waals surface area contributed by atoms with Gasteiger partial charge in [0.2, 0.25) is 0 Å². The van der Waals surface area contributed by atoms with Crippen LogP contribution in [0.2, 0.25) is 8.67 Å². The first-order chi connectivity index (χ1) is 8.99. The second-order valence-electron chi connectivity index (χ2n) is 4.75. The molecule has 0 saturated heterocycles. The fourth-order valence-electron chi connectivity index (χ4n) is 2.28. The van der Waals surface area contributed by atoms with Gasteiger partial charge in [0.1, 0.15) is 0 Å². The summed E-state index contributed by atoms with van der Waals surface area (Å²) in [6.07, 6.45) is 0. The van der Waals surface area contributed by atoms with Crippen molar-refractivity contribution >= 4 is 34.5 Å². The molecule has 0 saturated carbocycles. The molecule has 0 fully saturated rings. The minimum Gasteiger partial charge on any atom is -0.304 e. The van der Waals surface area contributed by atoms with Gasteiger partial charge in [-0.2, -0.15) is 0 Å². The van der Waals surface area contributed by atoms with E-state index in [-0.39, 0.29) is 12.1 Å². The zero-order chi connectivity index (χ0) is 14.0. The summed E-state index contributed by atoms with van der Waals surface area (Å²) in [4.78, 5) is 0. The molecule has 1 aromatic carbocycles. The molecule has 2 atom stereocenters. The number of halogens is 2. The molecule has 4 heteroatoms. The summed E-state index contributed by atoms with van der Waals surface area (Å²) in [6, 6.07) is 10.8. The lowest BCUT2D eigenvalue weighted by atomic mass is 10.0. The molecule has 0 spiro atoms. The highest BCUT2D eigenvalue weighted by Gasteiger charge is 2.16. The van der Waals surface area contributed by atoms with Gasteiger partial charge in [0, 0.05) is 12.1 Å². The Morgan fingerprint density at radius 1 is 1.05 bits per heavy atom. The van der Waals surface area contributed by atoms with Gasteiger partial charge in [-0.1, -0.05) is 47.5 Å². The average molecular weight is 314 g/mol. The molecule has 2 aromatic rings. The second-order valence-corrected chi connectivity index (χ2v) is 7.03. The highest BCUT2D eigenvalue weighted by molar-refractivity contribution is 7.20. The molecule has 19 heavy (non-hydrogen) atoms. The molecule has 0 radical (unpaired) electrons. The summed E-state index contributed by atoms with van der Waals surface area (Å²) in [7, 11) is 0. The van der Waals surface area contributed by atoms with Gasteiger partial charge in [-0.25, -0.2) is 0 Å². The fraction of sp³-hybridized carbons (Fsp3) is 0.333. The van der Waals surface area contributed by atoms with Crippen molar-refractivity contribution in [2.75, 3.05) is 0 Å². The highest BCUT2D eigenvalue weighted by Crippen LogP contribution is 2.35. The Hall–Kier alpha value is -0.540. The van der Waals surface area contributed by atoms with E-state index in [1.165, 1.54) is 22.5 Å². The van der Waals surface area contributed by atoms with Crippen LogP contribution in [0.5, 0.6) is 0 Å². The van der Waals surface area contributed by atoms with Crippen molar-refractivity contribution in [2.24, 2.45) is 0 Å². The van der Waals surface area contributed by atoms with Crippen LogP contribution in [0.15, 0.2) is 30.3 Å². The van der Waals surface area contributed by atoms with Gasteiger partial charge in [0.05, 0.1) is 8.67 Å². The van der Waals surface area contributed by atoms with Crippen molar-refractivity contribution in [3.05, 3.63) is 55.7 Å². The van der Waals surface area contributed by atoms with E-state index in [0.717, 1.165) is 14.2 Å². The number of aryl methyl sites for hydroxylation is 1. The summed E-state index contributed by atoms with van der Waals surface area (Å²) in [5.74, 6) is 0. The summed E-state index contributed by atoms with van der Waals surface area (Å²) < 4.78 is 1.50. The molecule has 1 aromatic heterocycles. The molecule has 1 unspecified atom stereocenters. The topological polar surface area (TPSA) is 12.0 Å². The van der Waals surface area contributed by atoms with Crippen LogP contribution in [-0.4, -0.2) is 0 Å². The number of nitrogens with one attached hydrogen (secondary N) is 1. The molecule has 0 bridgehead atoms. The Kier molecular flexibility index (Phi) is 4.91. The lowest BCUT2D eigenvalue weighted by Crippen LogP contribution is -2.22. The Bertz CT molecular complexity index is 565. The van der Waals surface area contributed by atoms with Crippen molar-refractivity contribution in [1.82, 2.24) is 5.32 Å². The third kappa shape index (κ3) is 3.51. The SMILES string of the molecule is Cc1ccccc1[C@@H](C)NC(C)c1cc(Cl)sc1Cl. The first-order valence-corrected chi connectivity index (χ1v) is 7.82. The van der Waals surface area contributed by atoms with Crippen LogP contribution in [0.4, 0.5) is 0 Å². The summed E-state index contributed by atoms with van der Waals surface area (Å²) in [6.45, 7) is 6.41.